The summed E-state index contributed by atoms with van der Waals surface area (Å²) in [6.07, 6.45) is 10.5. The van der Waals surface area contributed by atoms with E-state index in [-0.39, 0.29) is 0 Å². The number of aryl methyl sites for hydroxylation is 2. The largest absolute Gasteiger partial charge is 0.0877 e. The number of allylic oxidation sites excluding steroid dienone is 5. The molecule has 0 aliphatic rings. The lowest BCUT2D eigenvalue weighted by molar-refractivity contribution is 1.41. The minimum atomic E-state index is 1.25. The van der Waals surface area contributed by atoms with Gasteiger partial charge in [-0.15, -0.1) is 0 Å². The third kappa shape index (κ3) is 4.33. The quantitative estimate of drug-likeness (QED) is 0.563. The van der Waals surface area contributed by atoms with Crippen LogP contribution in [0.2, 0.25) is 0 Å². The van der Waals surface area contributed by atoms with Crippen LogP contribution in [-0.2, 0) is 0 Å². The topological polar surface area (TPSA) is 0 Å². The Labute approximate surface area is 134 Å². The van der Waals surface area contributed by atoms with Gasteiger partial charge in [0, 0.05) is 0 Å². The summed E-state index contributed by atoms with van der Waals surface area (Å²) in [5.74, 6) is 0. The van der Waals surface area contributed by atoms with Gasteiger partial charge in [-0.2, -0.15) is 0 Å². The van der Waals surface area contributed by atoms with E-state index >= 15 is 0 Å². The first-order valence-corrected chi connectivity index (χ1v) is 7.75. The van der Waals surface area contributed by atoms with Gasteiger partial charge >= 0.3 is 0 Å². The zero-order valence-corrected chi connectivity index (χ0v) is 13.9. The summed E-state index contributed by atoms with van der Waals surface area (Å²) in [6.45, 7) is 8.46. The summed E-state index contributed by atoms with van der Waals surface area (Å²) in [5.41, 5.74) is 7.67. The third-order valence-corrected chi connectivity index (χ3v) is 3.68. The van der Waals surface area contributed by atoms with Crippen LogP contribution in [0, 0.1) is 13.8 Å². The van der Waals surface area contributed by atoms with Gasteiger partial charge in [0.05, 0.1) is 0 Å². The predicted molar refractivity (Wildman–Crippen MR) is 99.0 cm³/mol. The zero-order valence-electron chi connectivity index (χ0n) is 13.9. The van der Waals surface area contributed by atoms with Crippen LogP contribution in [0.5, 0.6) is 0 Å². The van der Waals surface area contributed by atoms with Crippen LogP contribution in [0.1, 0.15) is 30.5 Å². The molecule has 112 valence electrons. The normalized spacial score (nSPS) is 12.5. The van der Waals surface area contributed by atoms with Gasteiger partial charge in [-0.05, 0) is 56.0 Å². The minimum absolute atomic E-state index is 1.25. The summed E-state index contributed by atoms with van der Waals surface area (Å²) in [6, 6.07) is 15.3. The molecule has 22 heavy (non-hydrogen) atoms. The van der Waals surface area contributed by atoms with Crippen molar-refractivity contribution in [2.75, 3.05) is 0 Å². The Kier molecular flexibility index (Phi) is 5.55. The molecule has 0 nitrogen and oxygen atoms in total. The van der Waals surface area contributed by atoms with Gasteiger partial charge in [0.15, 0.2) is 0 Å². The molecule has 0 unspecified atom stereocenters. The van der Waals surface area contributed by atoms with E-state index in [1.165, 1.54) is 33.4 Å². The molecule has 0 N–H and O–H groups in total. The van der Waals surface area contributed by atoms with Crippen molar-refractivity contribution in [3.63, 3.8) is 0 Å². The first-order valence-electron chi connectivity index (χ1n) is 7.75. The Morgan fingerprint density at radius 2 is 1.68 bits per heavy atom. The van der Waals surface area contributed by atoms with Crippen molar-refractivity contribution < 1.29 is 0 Å². The van der Waals surface area contributed by atoms with Crippen LogP contribution in [0.25, 0.3) is 17.2 Å². The van der Waals surface area contributed by atoms with E-state index in [4.69, 9.17) is 0 Å². The third-order valence-electron chi connectivity index (χ3n) is 3.68. The first-order chi connectivity index (χ1) is 10.6. The highest BCUT2D eigenvalue weighted by Crippen LogP contribution is 2.24. The first kappa shape index (κ1) is 16.0. The second kappa shape index (κ2) is 7.61. The molecular weight excluding hydrogens is 264 g/mol. The molecule has 0 heteroatoms. The average Bonchev–Trinajstić information content (AvgIpc) is 2.50. The molecule has 0 bridgehead atoms. The molecule has 0 radical (unpaired) electrons. The standard InChI is InChI=1S/C22H24/c1-5-6-7-9-17(2)15-22-16-21(13-12-19(22)4)20-11-8-10-18(3)14-20/h5-16H,1-4H3/b6-5-,9-7-,17-15+. The summed E-state index contributed by atoms with van der Waals surface area (Å²) in [4.78, 5) is 0. The summed E-state index contributed by atoms with van der Waals surface area (Å²) in [5, 5.41) is 0. The minimum Gasteiger partial charge on any atom is -0.0877 e. The van der Waals surface area contributed by atoms with Gasteiger partial charge in [0.1, 0.15) is 0 Å². The maximum Gasteiger partial charge on any atom is -0.0178 e. The highest BCUT2D eigenvalue weighted by molar-refractivity contribution is 5.70. The Hall–Kier alpha value is -2.34. The summed E-state index contributed by atoms with van der Waals surface area (Å²) in [7, 11) is 0. The van der Waals surface area contributed by atoms with Gasteiger partial charge in [0.2, 0.25) is 0 Å². The van der Waals surface area contributed by atoms with Crippen molar-refractivity contribution >= 4 is 6.08 Å². The summed E-state index contributed by atoms with van der Waals surface area (Å²) >= 11 is 0. The number of benzene rings is 2. The molecule has 2 aromatic rings. The predicted octanol–water partition coefficient (Wildman–Crippen LogP) is 6.51. The Bertz CT molecular complexity index is 727. The van der Waals surface area contributed by atoms with Crippen molar-refractivity contribution in [2.24, 2.45) is 0 Å². The maximum atomic E-state index is 2.27. The van der Waals surface area contributed by atoms with E-state index in [2.05, 4.69) is 81.5 Å². The van der Waals surface area contributed by atoms with Gasteiger partial charge in [-0.1, -0.05) is 77.9 Å². The molecule has 0 amide bonds. The van der Waals surface area contributed by atoms with E-state index < -0.39 is 0 Å². The Balaban J connectivity index is 2.37. The molecule has 0 aliphatic heterocycles. The number of hydrogen-bond acceptors (Lipinski definition) is 0. The monoisotopic (exact) mass is 288 g/mol. The fraction of sp³-hybridized carbons (Fsp3) is 0.182. The highest BCUT2D eigenvalue weighted by Gasteiger charge is 2.01. The second-order valence-corrected chi connectivity index (χ2v) is 5.71. The van der Waals surface area contributed by atoms with E-state index in [1.807, 2.05) is 19.1 Å². The molecule has 0 spiro atoms. The molecule has 0 heterocycles. The molecule has 2 rings (SSSR count). The molecule has 0 saturated carbocycles. The van der Waals surface area contributed by atoms with Crippen LogP contribution < -0.4 is 0 Å². The number of rotatable bonds is 4. The Morgan fingerprint density at radius 3 is 2.41 bits per heavy atom. The summed E-state index contributed by atoms with van der Waals surface area (Å²) < 4.78 is 0. The van der Waals surface area contributed by atoms with Crippen LogP contribution in [-0.4, -0.2) is 0 Å². The van der Waals surface area contributed by atoms with Crippen molar-refractivity contribution in [3.05, 3.63) is 89.0 Å². The zero-order chi connectivity index (χ0) is 15.9. The molecule has 0 saturated heterocycles. The van der Waals surface area contributed by atoms with Crippen LogP contribution in [0.4, 0.5) is 0 Å². The van der Waals surface area contributed by atoms with Crippen molar-refractivity contribution in [2.45, 2.75) is 27.7 Å². The van der Waals surface area contributed by atoms with E-state index in [0.29, 0.717) is 0 Å². The van der Waals surface area contributed by atoms with E-state index in [0.717, 1.165) is 0 Å². The van der Waals surface area contributed by atoms with Crippen molar-refractivity contribution in [1.29, 1.82) is 0 Å². The molecular formula is C22H24. The van der Waals surface area contributed by atoms with E-state index in [9.17, 15) is 0 Å². The lowest BCUT2D eigenvalue weighted by Gasteiger charge is -2.08. The van der Waals surface area contributed by atoms with Crippen LogP contribution >= 0.6 is 0 Å². The van der Waals surface area contributed by atoms with Gasteiger partial charge in [-0.25, -0.2) is 0 Å². The lowest BCUT2D eigenvalue weighted by atomic mass is 9.97. The SMILES string of the molecule is C\C=C/C=C\C(C)=C\c1cc(-c2cccc(C)c2)ccc1C. The average molecular weight is 288 g/mol. The molecule has 0 aromatic heterocycles. The fourth-order valence-corrected chi connectivity index (χ4v) is 2.41. The Morgan fingerprint density at radius 1 is 0.909 bits per heavy atom. The number of hydrogen-bond donors (Lipinski definition) is 0. The van der Waals surface area contributed by atoms with Gasteiger partial charge < -0.3 is 0 Å². The lowest BCUT2D eigenvalue weighted by Crippen LogP contribution is -1.85. The molecule has 0 aliphatic carbocycles. The molecule has 0 fully saturated rings. The smallest absolute Gasteiger partial charge is 0.0178 e. The van der Waals surface area contributed by atoms with Crippen molar-refractivity contribution in [3.8, 4) is 11.1 Å². The van der Waals surface area contributed by atoms with Crippen LogP contribution in [0.15, 0.2) is 72.3 Å². The van der Waals surface area contributed by atoms with E-state index in [1.54, 1.807) is 0 Å². The maximum absolute atomic E-state index is 2.27. The highest BCUT2D eigenvalue weighted by atomic mass is 14.1. The second-order valence-electron chi connectivity index (χ2n) is 5.71. The van der Waals surface area contributed by atoms with Gasteiger partial charge in [-0.3, -0.25) is 0 Å². The molecule has 2 aromatic carbocycles. The van der Waals surface area contributed by atoms with Crippen molar-refractivity contribution in [1.82, 2.24) is 0 Å². The van der Waals surface area contributed by atoms with Gasteiger partial charge in [0.25, 0.3) is 0 Å². The fourth-order valence-electron chi connectivity index (χ4n) is 2.41. The van der Waals surface area contributed by atoms with Crippen LogP contribution in [0.3, 0.4) is 0 Å². The molecule has 0 atom stereocenters.